The number of carbonyl (C=O) groups excluding carboxylic acids is 3. The third kappa shape index (κ3) is 12.4. The number of carboxylic acids is 2. The lowest BCUT2D eigenvalue weighted by Crippen LogP contribution is -2.55. The molecule has 0 aromatic rings. The van der Waals surface area contributed by atoms with Gasteiger partial charge in [-0.2, -0.15) is 0 Å². The van der Waals surface area contributed by atoms with E-state index in [9.17, 15) is 24.0 Å². The summed E-state index contributed by atoms with van der Waals surface area (Å²) in [6, 6.07) is -0.734. The molecule has 13 nitrogen and oxygen atoms in total. The van der Waals surface area contributed by atoms with Gasteiger partial charge in [0.25, 0.3) is 0 Å². The Morgan fingerprint density at radius 2 is 1.47 bits per heavy atom. The van der Waals surface area contributed by atoms with Gasteiger partial charge in [-0.25, -0.2) is 14.4 Å². The van der Waals surface area contributed by atoms with Crippen LogP contribution < -0.4 is 5.32 Å². The molecule has 3 atom stereocenters. The summed E-state index contributed by atoms with van der Waals surface area (Å²) in [5.74, 6) is -2.27. The zero-order chi connectivity index (χ0) is 28.8. The van der Waals surface area contributed by atoms with Crippen molar-refractivity contribution in [2.75, 3.05) is 52.1 Å². The van der Waals surface area contributed by atoms with Crippen LogP contribution in [0, 0.1) is 5.92 Å². The molecule has 1 saturated heterocycles. The van der Waals surface area contributed by atoms with Crippen LogP contribution in [0.2, 0.25) is 0 Å². The number of carboxylic acid groups (broad SMARTS) is 2. The fourth-order valence-corrected chi connectivity index (χ4v) is 4.76. The molecule has 5 N–H and O–H groups in total. The quantitative estimate of drug-likeness (QED) is 0.226. The molecule has 2 rings (SSSR count). The van der Waals surface area contributed by atoms with Gasteiger partial charge in [-0.15, -0.1) is 0 Å². The fraction of sp³-hybridized carbons (Fsp3) is 0.792. The maximum atomic E-state index is 12.8. The van der Waals surface area contributed by atoms with Crippen molar-refractivity contribution in [3.8, 4) is 0 Å². The van der Waals surface area contributed by atoms with Crippen LogP contribution >= 0.6 is 11.8 Å². The second-order valence-electron chi connectivity index (χ2n) is 9.63. The standard InChI is InChI=1S/C20H36N4O3S.C4H6O6/c1-16(19(26)23-12-10-22(3)11-13-23)21-20(27)24(14-15-28-17(2)25)9-8-18-6-4-5-7-18;5-1(3(7)8)2(6)4(9)10/h16,18H,4-15H2,1-3H3,(H,21,27);1-2,5-6H,(H,7,8)(H,9,10)/t16-;/m0./s1. The molecule has 0 aromatic carbocycles. The van der Waals surface area contributed by atoms with Crippen LogP contribution in [0.4, 0.5) is 4.79 Å². The summed E-state index contributed by atoms with van der Waals surface area (Å²) in [7, 11) is 2.05. The van der Waals surface area contributed by atoms with E-state index in [4.69, 9.17) is 20.4 Å². The Balaban J connectivity index is 0.000000612. The van der Waals surface area contributed by atoms with Crippen LogP contribution in [0.15, 0.2) is 0 Å². The smallest absolute Gasteiger partial charge is 0.335 e. The third-order valence-electron chi connectivity index (χ3n) is 6.57. The molecular weight excluding hydrogens is 520 g/mol. The summed E-state index contributed by atoms with van der Waals surface area (Å²) in [6.45, 7) is 7.65. The number of rotatable bonds is 11. The number of aliphatic hydroxyl groups is 2. The average Bonchev–Trinajstić information content (AvgIpc) is 3.38. The molecule has 1 aliphatic carbocycles. The average molecular weight is 563 g/mol. The highest BCUT2D eigenvalue weighted by atomic mass is 32.2. The van der Waals surface area contributed by atoms with Gasteiger partial charge in [0.1, 0.15) is 6.04 Å². The second-order valence-corrected chi connectivity index (χ2v) is 10.9. The minimum atomic E-state index is -2.27. The zero-order valence-electron chi connectivity index (χ0n) is 22.4. The lowest BCUT2D eigenvalue weighted by molar-refractivity contribution is -0.165. The molecule has 218 valence electrons. The number of aliphatic carboxylic acids is 2. The highest BCUT2D eigenvalue weighted by Crippen LogP contribution is 2.27. The SMILES string of the molecule is CC(=O)SCCN(CCC1CCCC1)C(=O)N[C@@H](C)C(=O)N1CCN(C)CC1.O=C(O)C(O)C(O)C(=O)O. The Morgan fingerprint density at radius 1 is 0.947 bits per heavy atom. The van der Waals surface area contributed by atoms with Gasteiger partial charge in [0.05, 0.1) is 0 Å². The fourth-order valence-electron chi connectivity index (χ4n) is 4.16. The topological polar surface area (TPSA) is 188 Å². The van der Waals surface area contributed by atoms with E-state index in [1.165, 1.54) is 37.4 Å². The molecule has 38 heavy (non-hydrogen) atoms. The highest BCUT2D eigenvalue weighted by Gasteiger charge is 2.29. The summed E-state index contributed by atoms with van der Waals surface area (Å²) in [5.41, 5.74) is 0. The first-order chi connectivity index (χ1) is 17.8. The summed E-state index contributed by atoms with van der Waals surface area (Å²) >= 11 is 1.24. The van der Waals surface area contributed by atoms with Gasteiger partial charge in [-0.3, -0.25) is 9.59 Å². The largest absolute Gasteiger partial charge is 0.479 e. The van der Waals surface area contributed by atoms with Gasteiger partial charge in [0.2, 0.25) is 5.91 Å². The van der Waals surface area contributed by atoms with Gasteiger partial charge >= 0.3 is 18.0 Å². The first kappa shape index (κ1) is 33.6. The van der Waals surface area contributed by atoms with E-state index in [0.29, 0.717) is 37.8 Å². The van der Waals surface area contributed by atoms with Crippen molar-refractivity contribution >= 4 is 40.8 Å². The molecule has 0 bridgehead atoms. The van der Waals surface area contributed by atoms with Crippen molar-refractivity contribution in [1.29, 1.82) is 0 Å². The van der Waals surface area contributed by atoms with Crippen LogP contribution in [-0.4, -0.2) is 134 Å². The molecule has 14 heteroatoms. The Hall–Kier alpha value is -2.42. The van der Waals surface area contributed by atoms with Crippen molar-refractivity contribution < 1.29 is 44.4 Å². The molecule has 0 aromatic heterocycles. The van der Waals surface area contributed by atoms with E-state index in [1.54, 1.807) is 18.7 Å². The van der Waals surface area contributed by atoms with E-state index >= 15 is 0 Å². The minimum absolute atomic E-state index is 0.0182. The molecule has 2 fully saturated rings. The maximum absolute atomic E-state index is 12.8. The molecule has 0 radical (unpaired) electrons. The van der Waals surface area contributed by atoms with Crippen LogP contribution in [0.3, 0.4) is 0 Å². The van der Waals surface area contributed by atoms with Crippen LogP contribution in [0.5, 0.6) is 0 Å². The van der Waals surface area contributed by atoms with Crippen molar-refractivity contribution in [2.45, 2.75) is 64.2 Å². The first-order valence-corrected chi connectivity index (χ1v) is 13.8. The van der Waals surface area contributed by atoms with E-state index in [-0.39, 0.29) is 17.1 Å². The Bertz CT molecular complexity index is 784. The number of amides is 3. The van der Waals surface area contributed by atoms with Crippen molar-refractivity contribution in [3.05, 3.63) is 0 Å². The van der Waals surface area contributed by atoms with Gasteiger partial charge in [-0.05, 0) is 26.3 Å². The molecular formula is C24H42N4O9S. The monoisotopic (exact) mass is 562 g/mol. The summed E-state index contributed by atoms with van der Waals surface area (Å²) in [4.78, 5) is 62.0. The molecule has 3 amide bonds. The van der Waals surface area contributed by atoms with Crippen molar-refractivity contribution in [3.63, 3.8) is 0 Å². The Labute approximate surface area is 227 Å². The van der Waals surface area contributed by atoms with E-state index in [0.717, 1.165) is 19.5 Å². The molecule has 2 unspecified atom stereocenters. The molecule has 2 aliphatic rings. The molecule has 0 spiro atoms. The minimum Gasteiger partial charge on any atom is -0.479 e. The first-order valence-electron chi connectivity index (χ1n) is 12.8. The van der Waals surface area contributed by atoms with E-state index in [2.05, 4.69) is 10.2 Å². The number of carbonyl (C=O) groups is 5. The van der Waals surface area contributed by atoms with Gasteiger partial charge in [-0.1, -0.05) is 37.4 Å². The number of hydrogen-bond acceptors (Lipinski definition) is 9. The van der Waals surface area contributed by atoms with Crippen LogP contribution in [-0.2, 0) is 19.2 Å². The summed E-state index contributed by atoms with van der Waals surface area (Å²) in [5, 5.41) is 35.5. The predicted molar refractivity (Wildman–Crippen MR) is 141 cm³/mol. The normalized spacial score (nSPS) is 18.5. The molecule has 1 saturated carbocycles. The number of nitrogens with one attached hydrogen (secondary N) is 1. The van der Waals surface area contributed by atoms with Gasteiger partial charge in [0, 0.05) is 51.9 Å². The highest BCUT2D eigenvalue weighted by molar-refractivity contribution is 8.13. The zero-order valence-corrected chi connectivity index (χ0v) is 23.2. The third-order valence-corrected chi connectivity index (χ3v) is 7.36. The lowest BCUT2D eigenvalue weighted by atomic mass is 10.0. The van der Waals surface area contributed by atoms with Gasteiger partial charge < -0.3 is 40.4 Å². The molecule has 1 heterocycles. The number of thioether (sulfide) groups is 1. The lowest BCUT2D eigenvalue weighted by Gasteiger charge is -2.34. The molecule has 1 aliphatic heterocycles. The number of likely N-dealkylation sites (N-methyl/N-ethyl adjacent to an activating group) is 1. The van der Waals surface area contributed by atoms with Crippen molar-refractivity contribution in [1.82, 2.24) is 20.0 Å². The van der Waals surface area contributed by atoms with Gasteiger partial charge in [0.15, 0.2) is 17.3 Å². The number of nitrogens with zero attached hydrogens (tertiary/aromatic N) is 3. The van der Waals surface area contributed by atoms with E-state index in [1.807, 2.05) is 11.9 Å². The number of aliphatic hydroxyl groups excluding tert-OH is 2. The number of hydrogen-bond donors (Lipinski definition) is 5. The Kier molecular flexibility index (Phi) is 15.2. The van der Waals surface area contributed by atoms with Crippen molar-refractivity contribution in [2.24, 2.45) is 5.92 Å². The van der Waals surface area contributed by atoms with Crippen LogP contribution in [0.25, 0.3) is 0 Å². The Morgan fingerprint density at radius 3 is 1.95 bits per heavy atom. The summed E-state index contributed by atoms with van der Waals surface area (Å²) < 4.78 is 0. The summed E-state index contributed by atoms with van der Waals surface area (Å²) in [6.07, 6.45) is 1.53. The predicted octanol–water partition coefficient (Wildman–Crippen LogP) is -0.102. The second kappa shape index (κ2) is 17.2. The van der Waals surface area contributed by atoms with E-state index < -0.39 is 30.2 Å². The number of piperazine rings is 1. The number of urea groups is 1. The van der Waals surface area contributed by atoms with Crippen LogP contribution in [0.1, 0.15) is 46.0 Å². The maximum Gasteiger partial charge on any atom is 0.335 e.